The zero-order valence-electron chi connectivity index (χ0n) is 17.2. The minimum atomic E-state index is -2.49. The Hall–Kier alpha value is -3.03. The molecule has 4 aromatic rings. The number of alkyl halides is 1. The van der Waals surface area contributed by atoms with Crippen LogP contribution in [0.25, 0.3) is 0 Å². The van der Waals surface area contributed by atoms with Crippen molar-refractivity contribution in [3.05, 3.63) is 121 Å². The van der Waals surface area contributed by atoms with Gasteiger partial charge in [0, 0.05) is 0 Å². The Bertz CT molecular complexity index is 1040. The summed E-state index contributed by atoms with van der Waals surface area (Å²) in [5.74, 6) is 0.428. The van der Waals surface area contributed by atoms with E-state index in [1.807, 2.05) is 36.4 Å². The number of ether oxygens (including phenoxy) is 1. The number of hydrogen-bond acceptors (Lipinski definition) is 1. The second kappa shape index (κ2) is 9.85. The topological polar surface area (TPSA) is 9.23 Å². The normalized spacial score (nSPS) is 11.8. The van der Waals surface area contributed by atoms with E-state index >= 15 is 0 Å². The molecule has 0 N–H and O–H groups in total. The van der Waals surface area contributed by atoms with E-state index in [0.717, 1.165) is 11.7 Å². The standard InChI is InChI=1S/C27H25F2OP/c28-19-20-30-24-15-17-27(18-16-24)31(25-7-3-1-4-8-25,26-9-5-2-6-10-26)21-22-11-13-23(29)14-12-22/h1-18,31H,19-21H2. The number of hydrogen-bond donors (Lipinski definition) is 0. The zero-order valence-corrected chi connectivity index (χ0v) is 18.2. The molecule has 1 nitrogen and oxygen atoms in total. The van der Waals surface area contributed by atoms with Gasteiger partial charge in [-0.05, 0) is 0 Å². The van der Waals surface area contributed by atoms with Gasteiger partial charge in [-0.2, -0.15) is 0 Å². The van der Waals surface area contributed by atoms with Gasteiger partial charge in [0.05, 0.1) is 0 Å². The van der Waals surface area contributed by atoms with Gasteiger partial charge in [-0.15, -0.1) is 0 Å². The molecule has 0 aliphatic heterocycles. The Morgan fingerprint density at radius 2 is 1.13 bits per heavy atom. The molecule has 0 aromatic heterocycles. The molecule has 0 spiro atoms. The van der Waals surface area contributed by atoms with Gasteiger partial charge >= 0.3 is 182 Å². The molecule has 158 valence electrons. The van der Waals surface area contributed by atoms with Crippen LogP contribution in [-0.2, 0) is 6.16 Å². The SMILES string of the molecule is FCCOc1ccc([PH](Cc2ccc(F)cc2)(c2ccccc2)c2ccccc2)cc1. The van der Waals surface area contributed by atoms with E-state index in [2.05, 4.69) is 60.7 Å². The molecule has 4 heteroatoms. The van der Waals surface area contributed by atoms with Crippen LogP contribution in [0.2, 0.25) is 0 Å². The third-order valence-corrected chi connectivity index (χ3v) is 10.5. The summed E-state index contributed by atoms with van der Waals surface area (Å²) in [7, 11) is -2.49. The first-order valence-electron chi connectivity index (χ1n) is 10.4. The average Bonchev–Trinajstić information content (AvgIpc) is 2.84. The summed E-state index contributed by atoms with van der Waals surface area (Å²) < 4.78 is 31.6. The molecule has 0 saturated heterocycles. The van der Waals surface area contributed by atoms with Crippen molar-refractivity contribution in [2.45, 2.75) is 6.16 Å². The van der Waals surface area contributed by atoms with Crippen molar-refractivity contribution in [1.29, 1.82) is 0 Å². The van der Waals surface area contributed by atoms with Crippen LogP contribution in [0, 0.1) is 5.82 Å². The van der Waals surface area contributed by atoms with Crippen molar-refractivity contribution in [1.82, 2.24) is 0 Å². The summed E-state index contributed by atoms with van der Waals surface area (Å²) in [6, 6.07) is 36.0. The first-order valence-corrected chi connectivity index (χ1v) is 12.6. The van der Waals surface area contributed by atoms with E-state index < -0.39 is 13.9 Å². The maximum absolute atomic E-state index is 13.6. The predicted octanol–water partition coefficient (Wildman–Crippen LogP) is 5.40. The monoisotopic (exact) mass is 434 g/mol. The summed E-state index contributed by atoms with van der Waals surface area (Å²) in [5, 5.41) is 3.78. The molecule has 31 heavy (non-hydrogen) atoms. The van der Waals surface area contributed by atoms with Crippen molar-refractivity contribution in [2.75, 3.05) is 13.3 Å². The van der Waals surface area contributed by atoms with Crippen LogP contribution in [0.1, 0.15) is 5.56 Å². The van der Waals surface area contributed by atoms with E-state index in [1.54, 1.807) is 0 Å². The molecular weight excluding hydrogens is 409 g/mol. The molecule has 0 atom stereocenters. The molecule has 4 rings (SSSR count). The molecule has 0 saturated carbocycles. The molecule has 0 aliphatic rings. The molecule has 0 amide bonds. The van der Waals surface area contributed by atoms with Crippen molar-refractivity contribution >= 4 is 23.2 Å². The number of rotatable bonds is 8. The molecule has 0 bridgehead atoms. The molecule has 0 heterocycles. The van der Waals surface area contributed by atoms with E-state index in [0.29, 0.717) is 5.75 Å². The fourth-order valence-electron chi connectivity index (χ4n) is 4.15. The molecule has 4 aromatic carbocycles. The zero-order chi connectivity index (χ0) is 21.5. The Morgan fingerprint density at radius 1 is 0.613 bits per heavy atom. The van der Waals surface area contributed by atoms with E-state index in [4.69, 9.17) is 4.74 Å². The van der Waals surface area contributed by atoms with Crippen LogP contribution in [-0.4, -0.2) is 13.3 Å². The van der Waals surface area contributed by atoms with Crippen molar-refractivity contribution in [2.24, 2.45) is 0 Å². The van der Waals surface area contributed by atoms with E-state index in [-0.39, 0.29) is 12.4 Å². The maximum atomic E-state index is 13.6. The second-order valence-electron chi connectivity index (χ2n) is 7.50. The van der Waals surface area contributed by atoms with Crippen molar-refractivity contribution < 1.29 is 13.5 Å². The van der Waals surface area contributed by atoms with Crippen LogP contribution >= 0.6 is 7.26 Å². The third-order valence-electron chi connectivity index (χ3n) is 5.61. The van der Waals surface area contributed by atoms with Crippen molar-refractivity contribution in [3.8, 4) is 5.75 Å². The van der Waals surface area contributed by atoms with Gasteiger partial charge in [0.2, 0.25) is 0 Å². The minimum absolute atomic E-state index is 0.0505. The van der Waals surface area contributed by atoms with Gasteiger partial charge in [0.25, 0.3) is 0 Å². The van der Waals surface area contributed by atoms with Crippen molar-refractivity contribution in [3.63, 3.8) is 0 Å². The van der Waals surface area contributed by atoms with Gasteiger partial charge < -0.3 is 0 Å². The fraction of sp³-hybridized carbons (Fsp3) is 0.111. The van der Waals surface area contributed by atoms with Crippen LogP contribution < -0.4 is 20.7 Å². The first-order chi connectivity index (χ1) is 15.2. The summed E-state index contributed by atoms with van der Waals surface area (Å²) in [4.78, 5) is 0. The molecule has 0 unspecified atom stereocenters. The van der Waals surface area contributed by atoms with Gasteiger partial charge in [-0.1, -0.05) is 0 Å². The van der Waals surface area contributed by atoms with Crippen LogP contribution in [0.4, 0.5) is 8.78 Å². The molecule has 0 fully saturated rings. The summed E-state index contributed by atoms with van der Waals surface area (Å²) in [6.07, 6.45) is 0.798. The Balaban J connectivity index is 1.90. The quantitative estimate of drug-likeness (QED) is 0.338. The van der Waals surface area contributed by atoms with Crippen LogP contribution in [0.15, 0.2) is 109 Å². The fourth-order valence-corrected chi connectivity index (χ4v) is 8.87. The summed E-state index contributed by atoms with van der Waals surface area (Å²) >= 11 is 0. The molecule has 0 radical (unpaired) electrons. The molecular formula is C27H25F2OP. The van der Waals surface area contributed by atoms with Gasteiger partial charge in [0.15, 0.2) is 0 Å². The van der Waals surface area contributed by atoms with Gasteiger partial charge in [0.1, 0.15) is 0 Å². The Labute approximate surface area is 182 Å². The average molecular weight is 434 g/mol. The summed E-state index contributed by atoms with van der Waals surface area (Å²) in [5.41, 5.74) is 1.10. The van der Waals surface area contributed by atoms with E-state index in [9.17, 15) is 8.78 Å². The number of benzene rings is 4. The van der Waals surface area contributed by atoms with Crippen LogP contribution in [0.3, 0.4) is 0 Å². The Morgan fingerprint density at radius 3 is 1.65 bits per heavy atom. The summed E-state index contributed by atoms with van der Waals surface area (Å²) in [6.45, 7) is -0.464. The predicted molar refractivity (Wildman–Crippen MR) is 128 cm³/mol. The Kier molecular flexibility index (Phi) is 6.74. The van der Waals surface area contributed by atoms with Gasteiger partial charge in [-0.25, -0.2) is 0 Å². The molecule has 0 aliphatic carbocycles. The van der Waals surface area contributed by atoms with Gasteiger partial charge in [-0.3, -0.25) is 0 Å². The van der Waals surface area contributed by atoms with Crippen LogP contribution in [0.5, 0.6) is 5.75 Å². The third kappa shape index (κ3) is 4.68. The first kappa shape index (κ1) is 21.2. The second-order valence-corrected chi connectivity index (χ2v) is 11.4. The van der Waals surface area contributed by atoms with E-state index in [1.165, 1.54) is 28.0 Å². The number of halogens is 2.